The van der Waals surface area contributed by atoms with Crippen LogP contribution in [0.1, 0.15) is 17.4 Å². The van der Waals surface area contributed by atoms with E-state index in [4.69, 9.17) is 14.9 Å². The van der Waals surface area contributed by atoms with E-state index in [9.17, 15) is 4.79 Å². The number of benzene rings is 1. The minimum absolute atomic E-state index is 0.134. The fraction of sp³-hybridized carbons (Fsp3) is 0.167. The van der Waals surface area contributed by atoms with Crippen LogP contribution < -0.4 is 11.1 Å². The zero-order valence-electron chi connectivity index (χ0n) is 9.84. The minimum Gasteiger partial charge on any atom is -0.461 e. The number of hydrogen-bond acceptors (Lipinski definition) is 6. The summed E-state index contributed by atoms with van der Waals surface area (Å²) in [5.74, 6) is -0.508. The topological polar surface area (TPSA) is 90.4 Å². The highest BCUT2D eigenvalue weighted by molar-refractivity contribution is 5.87. The highest BCUT2D eigenvalue weighted by Crippen LogP contribution is 2.17. The van der Waals surface area contributed by atoms with E-state index in [1.165, 1.54) is 6.26 Å². The van der Waals surface area contributed by atoms with Crippen molar-refractivity contribution in [3.05, 3.63) is 36.2 Å². The molecule has 0 saturated heterocycles. The summed E-state index contributed by atoms with van der Waals surface area (Å²) in [5.41, 5.74) is 7.14. The number of esters is 1. The van der Waals surface area contributed by atoms with Gasteiger partial charge in [-0.1, -0.05) is 0 Å². The Kier molecular flexibility index (Phi) is 3.47. The number of carbonyl (C=O) groups is 1. The van der Waals surface area contributed by atoms with E-state index < -0.39 is 5.97 Å². The largest absolute Gasteiger partial charge is 0.461 e. The van der Waals surface area contributed by atoms with Gasteiger partial charge in [-0.15, -0.1) is 0 Å². The Morgan fingerprint density at radius 1 is 1.44 bits per heavy atom. The minimum atomic E-state index is -0.508. The molecule has 18 heavy (non-hydrogen) atoms. The van der Waals surface area contributed by atoms with Gasteiger partial charge in [0.25, 0.3) is 6.01 Å². The number of nitrogens with two attached hydrogens (primary N) is 1. The summed E-state index contributed by atoms with van der Waals surface area (Å²) in [4.78, 5) is 15.3. The zero-order valence-corrected chi connectivity index (χ0v) is 9.84. The van der Waals surface area contributed by atoms with Gasteiger partial charge in [-0.3, -0.25) is 0 Å². The molecule has 2 rings (SSSR count). The van der Waals surface area contributed by atoms with Gasteiger partial charge < -0.3 is 20.2 Å². The molecule has 6 nitrogen and oxygen atoms in total. The van der Waals surface area contributed by atoms with Crippen molar-refractivity contribution in [1.82, 2.24) is 4.98 Å². The van der Waals surface area contributed by atoms with Gasteiger partial charge in [0, 0.05) is 11.4 Å². The third-order valence-electron chi connectivity index (χ3n) is 2.15. The molecule has 0 aliphatic rings. The van der Waals surface area contributed by atoms with Crippen molar-refractivity contribution in [1.29, 1.82) is 0 Å². The van der Waals surface area contributed by atoms with Crippen LogP contribution in [0.25, 0.3) is 0 Å². The Labute approximate surface area is 104 Å². The summed E-state index contributed by atoms with van der Waals surface area (Å²) in [6.07, 6.45) is 1.25. The lowest BCUT2D eigenvalue weighted by Gasteiger charge is -2.01. The maximum absolute atomic E-state index is 11.4. The number of hydrogen-bond donors (Lipinski definition) is 2. The van der Waals surface area contributed by atoms with Gasteiger partial charge in [0.1, 0.15) is 6.26 Å². The van der Waals surface area contributed by atoms with Crippen molar-refractivity contribution in [3.63, 3.8) is 0 Å². The predicted octanol–water partition coefficient (Wildman–Crippen LogP) is 2.18. The number of nitrogens with zero attached hydrogens (tertiary/aromatic N) is 1. The summed E-state index contributed by atoms with van der Waals surface area (Å²) in [7, 11) is 0. The SMILES string of the molecule is CCOC(=O)c1coc(Nc2ccc(N)cc2)n1. The maximum Gasteiger partial charge on any atom is 0.360 e. The first-order chi connectivity index (χ1) is 8.69. The van der Waals surface area contributed by atoms with Crippen LogP contribution in [0.15, 0.2) is 34.9 Å². The highest BCUT2D eigenvalue weighted by Gasteiger charge is 2.12. The second-order valence-electron chi connectivity index (χ2n) is 3.51. The van der Waals surface area contributed by atoms with Crippen molar-refractivity contribution in [2.45, 2.75) is 6.92 Å². The Bertz CT molecular complexity index is 534. The number of rotatable bonds is 4. The van der Waals surface area contributed by atoms with Crippen LogP contribution in [-0.2, 0) is 4.74 Å². The molecule has 0 aliphatic heterocycles. The maximum atomic E-state index is 11.4. The molecule has 0 aliphatic carbocycles. The van der Waals surface area contributed by atoms with Crippen molar-refractivity contribution in [2.75, 3.05) is 17.7 Å². The van der Waals surface area contributed by atoms with E-state index in [0.29, 0.717) is 12.3 Å². The van der Waals surface area contributed by atoms with Crippen LogP contribution in [0.3, 0.4) is 0 Å². The van der Waals surface area contributed by atoms with Crippen LogP contribution in [0.5, 0.6) is 0 Å². The first-order valence-electron chi connectivity index (χ1n) is 5.44. The molecule has 6 heteroatoms. The fourth-order valence-electron chi connectivity index (χ4n) is 1.32. The molecule has 0 saturated carbocycles. The van der Waals surface area contributed by atoms with E-state index in [-0.39, 0.29) is 11.7 Å². The molecule has 1 aromatic heterocycles. The summed E-state index contributed by atoms with van der Waals surface area (Å²) in [6.45, 7) is 2.03. The average molecular weight is 247 g/mol. The van der Waals surface area contributed by atoms with E-state index in [1.54, 1.807) is 31.2 Å². The lowest BCUT2D eigenvalue weighted by Crippen LogP contribution is -2.04. The Balaban J connectivity index is 2.06. The van der Waals surface area contributed by atoms with Crippen molar-refractivity contribution in [2.24, 2.45) is 0 Å². The average Bonchev–Trinajstić information content (AvgIpc) is 2.81. The second kappa shape index (κ2) is 5.22. The number of ether oxygens (including phenoxy) is 1. The number of nitrogens with one attached hydrogen (secondary N) is 1. The molecule has 3 N–H and O–H groups in total. The molecule has 0 fully saturated rings. The van der Waals surface area contributed by atoms with Gasteiger partial charge >= 0.3 is 5.97 Å². The van der Waals surface area contributed by atoms with Gasteiger partial charge in [0.05, 0.1) is 6.61 Å². The fourth-order valence-corrected chi connectivity index (χ4v) is 1.32. The lowest BCUT2D eigenvalue weighted by atomic mass is 10.3. The van der Waals surface area contributed by atoms with Gasteiger partial charge in [0.15, 0.2) is 5.69 Å². The molecule has 0 radical (unpaired) electrons. The third-order valence-corrected chi connectivity index (χ3v) is 2.15. The van der Waals surface area contributed by atoms with Gasteiger partial charge in [-0.05, 0) is 31.2 Å². The first-order valence-corrected chi connectivity index (χ1v) is 5.44. The molecular formula is C12H13N3O3. The highest BCUT2D eigenvalue weighted by atomic mass is 16.5. The monoisotopic (exact) mass is 247 g/mol. The van der Waals surface area contributed by atoms with Crippen LogP contribution in [0, 0.1) is 0 Å². The summed E-state index contributed by atoms with van der Waals surface area (Å²) >= 11 is 0. The number of aromatic nitrogens is 1. The van der Waals surface area contributed by atoms with Crippen LogP contribution in [0.2, 0.25) is 0 Å². The lowest BCUT2D eigenvalue weighted by molar-refractivity contribution is 0.0519. The molecule has 1 aromatic carbocycles. The number of oxazole rings is 1. The number of nitrogen functional groups attached to an aromatic ring is 1. The molecular weight excluding hydrogens is 234 g/mol. The second-order valence-corrected chi connectivity index (χ2v) is 3.51. The van der Waals surface area contributed by atoms with Crippen molar-refractivity contribution >= 4 is 23.4 Å². The van der Waals surface area contributed by atoms with Crippen molar-refractivity contribution in [3.8, 4) is 0 Å². The van der Waals surface area contributed by atoms with E-state index in [1.807, 2.05) is 0 Å². The smallest absolute Gasteiger partial charge is 0.360 e. The summed E-state index contributed by atoms with van der Waals surface area (Å²) in [5, 5.41) is 2.91. The Hall–Kier alpha value is -2.50. The molecule has 0 bridgehead atoms. The van der Waals surface area contributed by atoms with Gasteiger partial charge in [0.2, 0.25) is 0 Å². The van der Waals surface area contributed by atoms with E-state index >= 15 is 0 Å². The van der Waals surface area contributed by atoms with E-state index in [2.05, 4.69) is 10.3 Å². The van der Waals surface area contributed by atoms with Crippen LogP contribution in [0.4, 0.5) is 17.4 Å². The Morgan fingerprint density at radius 3 is 2.83 bits per heavy atom. The van der Waals surface area contributed by atoms with Crippen molar-refractivity contribution < 1.29 is 13.9 Å². The third kappa shape index (κ3) is 2.79. The number of anilines is 3. The molecule has 1 heterocycles. The first kappa shape index (κ1) is 12.0. The standard InChI is InChI=1S/C12H13N3O3/c1-2-17-11(16)10-7-18-12(15-10)14-9-5-3-8(13)4-6-9/h3-7H,2,13H2,1H3,(H,14,15). The molecule has 94 valence electrons. The molecule has 0 amide bonds. The molecule has 0 unspecified atom stereocenters. The van der Waals surface area contributed by atoms with Gasteiger partial charge in [-0.25, -0.2) is 4.79 Å². The summed E-state index contributed by atoms with van der Waals surface area (Å²) in [6, 6.07) is 7.28. The predicted molar refractivity (Wildman–Crippen MR) is 66.6 cm³/mol. The summed E-state index contributed by atoms with van der Waals surface area (Å²) < 4.78 is 9.91. The normalized spacial score (nSPS) is 10.1. The van der Waals surface area contributed by atoms with Gasteiger partial charge in [-0.2, -0.15) is 4.98 Å². The molecule has 0 spiro atoms. The quantitative estimate of drug-likeness (QED) is 0.635. The van der Waals surface area contributed by atoms with Crippen LogP contribution in [-0.4, -0.2) is 17.6 Å². The molecule has 2 aromatic rings. The zero-order chi connectivity index (χ0) is 13.0. The Morgan fingerprint density at radius 2 is 2.17 bits per heavy atom. The van der Waals surface area contributed by atoms with E-state index in [0.717, 1.165) is 5.69 Å². The number of carbonyl (C=O) groups excluding carboxylic acids is 1. The molecule has 0 atom stereocenters. The van der Waals surface area contributed by atoms with Crippen LogP contribution >= 0.6 is 0 Å².